The molecule has 1 amide bonds. The van der Waals surface area contributed by atoms with Gasteiger partial charge in [0.05, 0.1) is 16.2 Å². The molecule has 0 saturated carbocycles. The first kappa shape index (κ1) is 21.4. The van der Waals surface area contributed by atoms with E-state index in [1.54, 1.807) is 6.07 Å². The van der Waals surface area contributed by atoms with Crippen LogP contribution in [0.15, 0.2) is 59.5 Å². The largest absolute Gasteiger partial charge is 0.480 e. The quantitative estimate of drug-likeness (QED) is 0.724. The van der Waals surface area contributed by atoms with E-state index in [2.05, 4.69) is 5.32 Å². The first-order valence-electron chi connectivity index (χ1n) is 7.99. The third-order valence-corrected chi connectivity index (χ3v) is 5.60. The fourth-order valence-electron chi connectivity index (χ4n) is 2.35. The Morgan fingerprint density at radius 1 is 1.04 bits per heavy atom. The maximum Gasteiger partial charge on any atom is 0.416 e. The lowest BCUT2D eigenvalue weighted by atomic mass is 10.1. The number of carboxylic acid groups (broad SMARTS) is 1. The van der Waals surface area contributed by atoms with Gasteiger partial charge in [0.1, 0.15) is 6.04 Å². The van der Waals surface area contributed by atoms with E-state index in [0.29, 0.717) is 6.07 Å². The van der Waals surface area contributed by atoms with Gasteiger partial charge in [0.25, 0.3) is 5.91 Å². The van der Waals surface area contributed by atoms with Crippen LogP contribution in [0.1, 0.15) is 22.3 Å². The summed E-state index contributed by atoms with van der Waals surface area (Å²) in [6.07, 6.45) is -5.11. The number of benzene rings is 2. The number of sulfone groups is 1. The van der Waals surface area contributed by atoms with Gasteiger partial charge in [0, 0.05) is 5.56 Å². The molecular weight excluding hydrogens is 399 g/mol. The van der Waals surface area contributed by atoms with E-state index in [1.807, 2.05) is 0 Å². The number of alkyl halides is 3. The highest BCUT2D eigenvalue weighted by Gasteiger charge is 2.31. The molecule has 6 nitrogen and oxygen atoms in total. The van der Waals surface area contributed by atoms with E-state index >= 15 is 0 Å². The Morgan fingerprint density at radius 2 is 1.68 bits per heavy atom. The lowest BCUT2D eigenvalue weighted by Crippen LogP contribution is -2.42. The molecule has 2 rings (SSSR count). The number of nitrogens with one attached hydrogen (secondary N) is 1. The van der Waals surface area contributed by atoms with Crippen LogP contribution in [0.5, 0.6) is 0 Å². The number of hydrogen-bond donors (Lipinski definition) is 2. The van der Waals surface area contributed by atoms with Gasteiger partial charge >= 0.3 is 12.1 Å². The SMILES string of the molecule is O=C(N[C@H](CCS(=O)(=O)c1ccccc1)C(=O)O)c1cccc(C(F)(F)F)c1. The van der Waals surface area contributed by atoms with Gasteiger partial charge in [-0.05, 0) is 36.8 Å². The van der Waals surface area contributed by atoms with E-state index in [9.17, 15) is 36.3 Å². The number of amides is 1. The molecule has 0 spiro atoms. The summed E-state index contributed by atoms with van der Waals surface area (Å²) < 4.78 is 62.7. The van der Waals surface area contributed by atoms with Crippen molar-refractivity contribution < 1.29 is 36.3 Å². The average Bonchev–Trinajstić information content (AvgIpc) is 2.65. The van der Waals surface area contributed by atoms with Crippen LogP contribution >= 0.6 is 0 Å². The molecule has 150 valence electrons. The smallest absolute Gasteiger partial charge is 0.416 e. The molecule has 0 aliphatic rings. The number of carboxylic acids is 1. The minimum atomic E-state index is -4.66. The highest BCUT2D eigenvalue weighted by Crippen LogP contribution is 2.29. The number of carbonyl (C=O) groups excluding carboxylic acids is 1. The Labute approximate surface area is 158 Å². The Kier molecular flexibility index (Phi) is 6.45. The van der Waals surface area contributed by atoms with Gasteiger partial charge in [-0.3, -0.25) is 4.79 Å². The average molecular weight is 415 g/mol. The molecule has 0 aliphatic heterocycles. The zero-order valence-corrected chi connectivity index (χ0v) is 15.1. The minimum absolute atomic E-state index is 0.00310. The Balaban J connectivity index is 2.11. The molecule has 28 heavy (non-hydrogen) atoms. The van der Waals surface area contributed by atoms with Crippen molar-refractivity contribution in [2.75, 3.05) is 5.75 Å². The van der Waals surface area contributed by atoms with Gasteiger partial charge in [-0.1, -0.05) is 24.3 Å². The molecule has 1 atom stereocenters. The summed E-state index contributed by atoms with van der Waals surface area (Å²) in [6, 6.07) is 9.26. The van der Waals surface area contributed by atoms with Gasteiger partial charge in [0.15, 0.2) is 9.84 Å². The fourth-order valence-corrected chi connectivity index (χ4v) is 3.71. The molecule has 10 heteroatoms. The number of aliphatic carboxylic acids is 1. The lowest BCUT2D eigenvalue weighted by Gasteiger charge is -2.15. The van der Waals surface area contributed by atoms with Crippen molar-refractivity contribution in [3.63, 3.8) is 0 Å². The molecule has 0 unspecified atom stereocenters. The molecular formula is C18H16F3NO5S. The summed E-state index contributed by atoms with van der Waals surface area (Å²) in [7, 11) is -3.78. The van der Waals surface area contributed by atoms with E-state index in [4.69, 9.17) is 0 Å². The minimum Gasteiger partial charge on any atom is -0.480 e. The molecule has 0 aromatic heterocycles. The van der Waals surface area contributed by atoms with Crippen molar-refractivity contribution in [1.82, 2.24) is 5.32 Å². The fraction of sp³-hybridized carbons (Fsp3) is 0.222. The standard InChI is InChI=1S/C18H16F3NO5S/c19-18(20,21)13-6-4-5-12(11-13)16(23)22-15(17(24)25)9-10-28(26,27)14-7-2-1-3-8-14/h1-8,11,15H,9-10H2,(H,22,23)(H,24,25)/t15-/m1/s1. The van der Waals surface area contributed by atoms with Crippen molar-refractivity contribution in [1.29, 1.82) is 0 Å². The second-order valence-corrected chi connectivity index (χ2v) is 7.97. The molecule has 2 aromatic rings. The Hall–Kier alpha value is -2.88. The van der Waals surface area contributed by atoms with E-state index < -0.39 is 51.7 Å². The van der Waals surface area contributed by atoms with Gasteiger partial charge < -0.3 is 10.4 Å². The van der Waals surface area contributed by atoms with E-state index in [0.717, 1.165) is 18.2 Å². The monoisotopic (exact) mass is 415 g/mol. The predicted octanol–water partition coefficient (Wildman–Crippen LogP) is 2.75. The van der Waals surface area contributed by atoms with Crippen molar-refractivity contribution in [2.45, 2.75) is 23.5 Å². The van der Waals surface area contributed by atoms with Crippen molar-refractivity contribution in [3.05, 3.63) is 65.7 Å². The molecule has 2 N–H and O–H groups in total. The second-order valence-electron chi connectivity index (χ2n) is 5.86. The van der Waals surface area contributed by atoms with Crippen LogP contribution in [0.25, 0.3) is 0 Å². The third-order valence-electron chi connectivity index (χ3n) is 3.83. The number of carbonyl (C=O) groups is 2. The number of rotatable bonds is 7. The van der Waals surface area contributed by atoms with Crippen LogP contribution in [-0.2, 0) is 20.8 Å². The van der Waals surface area contributed by atoms with Gasteiger partial charge in [-0.25, -0.2) is 13.2 Å². The highest BCUT2D eigenvalue weighted by molar-refractivity contribution is 7.91. The highest BCUT2D eigenvalue weighted by atomic mass is 32.2. The molecule has 0 radical (unpaired) electrons. The van der Waals surface area contributed by atoms with Crippen LogP contribution < -0.4 is 5.32 Å². The zero-order chi connectivity index (χ0) is 20.9. The molecule has 2 aromatic carbocycles. The molecule has 0 bridgehead atoms. The topological polar surface area (TPSA) is 101 Å². The maximum atomic E-state index is 12.7. The summed E-state index contributed by atoms with van der Waals surface area (Å²) in [4.78, 5) is 23.5. The summed E-state index contributed by atoms with van der Waals surface area (Å²) >= 11 is 0. The Morgan fingerprint density at radius 3 is 2.25 bits per heavy atom. The maximum absolute atomic E-state index is 12.7. The summed E-state index contributed by atoms with van der Waals surface area (Å²) in [5, 5.41) is 11.3. The second kappa shape index (κ2) is 8.42. The molecule has 0 aliphatic carbocycles. The summed E-state index contributed by atoms with van der Waals surface area (Å²) in [5.41, 5.74) is -1.44. The number of halogens is 3. The molecule has 0 fully saturated rings. The van der Waals surface area contributed by atoms with Crippen molar-refractivity contribution in [3.8, 4) is 0 Å². The predicted molar refractivity (Wildman–Crippen MR) is 93.4 cm³/mol. The van der Waals surface area contributed by atoms with Crippen LogP contribution in [0, 0.1) is 0 Å². The summed E-state index contributed by atoms with van der Waals surface area (Å²) in [5.74, 6) is -3.10. The first-order chi connectivity index (χ1) is 13.0. The first-order valence-corrected chi connectivity index (χ1v) is 9.64. The van der Waals surface area contributed by atoms with Crippen molar-refractivity contribution in [2.24, 2.45) is 0 Å². The zero-order valence-electron chi connectivity index (χ0n) is 14.3. The molecule has 0 heterocycles. The van der Waals surface area contributed by atoms with Crippen LogP contribution in [0.4, 0.5) is 13.2 Å². The Bertz CT molecular complexity index is 959. The lowest BCUT2D eigenvalue weighted by molar-refractivity contribution is -0.139. The summed E-state index contributed by atoms with van der Waals surface area (Å²) in [6.45, 7) is 0. The van der Waals surface area contributed by atoms with E-state index in [-0.39, 0.29) is 10.5 Å². The van der Waals surface area contributed by atoms with E-state index in [1.165, 1.54) is 24.3 Å². The molecule has 0 saturated heterocycles. The van der Waals surface area contributed by atoms with Gasteiger partial charge in [-0.15, -0.1) is 0 Å². The third kappa shape index (κ3) is 5.56. The van der Waals surface area contributed by atoms with Gasteiger partial charge in [-0.2, -0.15) is 13.2 Å². The van der Waals surface area contributed by atoms with Crippen molar-refractivity contribution >= 4 is 21.7 Å². The normalized spacial score (nSPS) is 13.0. The number of hydrogen-bond acceptors (Lipinski definition) is 4. The van der Waals surface area contributed by atoms with Crippen LogP contribution in [0.2, 0.25) is 0 Å². The van der Waals surface area contributed by atoms with Crippen LogP contribution in [0.3, 0.4) is 0 Å². The van der Waals surface area contributed by atoms with Crippen LogP contribution in [-0.4, -0.2) is 37.2 Å². The van der Waals surface area contributed by atoms with Gasteiger partial charge in [0.2, 0.25) is 0 Å².